The zero-order valence-electron chi connectivity index (χ0n) is 18.6. The van der Waals surface area contributed by atoms with Gasteiger partial charge in [0.25, 0.3) is 5.56 Å². The predicted molar refractivity (Wildman–Crippen MR) is 130 cm³/mol. The molecule has 1 aliphatic carbocycles. The zero-order chi connectivity index (χ0) is 23.2. The Morgan fingerprint density at radius 2 is 1.88 bits per heavy atom. The lowest BCUT2D eigenvalue weighted by Crippen LogP contribution is -2.49. The molecule has 0 radical (unpaired) electrons. The average Bonchev–Trinajstić information content (AvgIpc) is 3.50. The van der Waals surface area contributed by atoms with Gasteiger partial charge in [0.2, 0.25) is 5.91 Å². The van der Waals surface area contributed by atoms with Crippen LogP contribution in [0.1, 0.15) is 37.0 Å². The molecule has 1 unspecified atom stereocenters. The van der Waals surface area contributed by atoms with Crippen molar-refractivity contribution in [1.29, 1.82) is 0 Å². The summed E-state index contributed by atoms with van der Waals surface area (Å²) in [6.45, 7) is 1.85. The van der Waals surface area contributed by atoms with Crippen LogP contribution in [0.25, 0.3) is 21.3 Å². The first-order valence-corrected chi connectivity index (χ1v) is 14.0. The number of nitrogens with zero attached hydrogens (tertiary/aromatic N) is 3. The van der Waals surface area contributed by atoms with Crippen LogP contribution >= 0.6 is 11.3 Å². The molecule has 0 N–H and O–H groups in total. The monoisotopic (exact) mass is 485 g/mol. The van der Waals surface area contributed by atoms with Crippen LogP contribution in [-0.4, -0.2) is 52.4 Å². The number of hydrogen-bond donors (Lipinski definition) is 0. The van der Waals surface area contributed by atoms with Gasteiger partial charge in [-0.1, -0.05) is 43.2 Å². The van der Waals surface area contributed by atoms with Crippen molar-refractivity contribution in [2.75, 3.05) is 11.5 Å². The van der Waals surface area contributed by atoms with Gasteiger partial charge in [0.1, 0.15) is 11.4 Å². The van der Waals surface area contributed by atoms with Crippen LogP contribution in [0.15, 0.2) is 41.5 Å². The summed E-state index contributed by atoms with van der Waals surface area (Å²) < 4.78 is 25.6. The highest BCUT2D eigenvalue weighted by Crippen LogP contribution is 2.35. The van der Waals surface area contributed by atoms with Crippen molar-refractivity contribution < 1.29 is 13.2 Å². The number of fused-ring (bicyclic) bond motifs is 1. The fraction of sp³-hybridized carbons (Fsp3) is 0.458. The number of rotatable bonds is 5. The second-order valence-electron chi connectivity index (χ2n) is 9.05. The van der Waals surface area contributed by atoms with E-state index >= 15 is 0 Å². The molecular formula is C24H27N3O4S2. The van der Waals surface area contributed by atoms with Crippen molar-refractivity contribution in [3.8, 4) is 11.1 Å². The van der Waals surface area contributed by atoms with Crippen LogP contribution in [0.5, 0.6) is 0 Å². The number of hydrogen-bond acceptors (Lipinski definition) is 6. The Balaban J connectivity index is 1.51. The Morgan fingerprint density at radius 1 is 1.15 bits per heavy atom. The van der Waals surface area contributed by atoms with E-state index < -0.39 is 9.84 Å². The molecular weight excluding hydrogens is 458 g/mol. The van der Waals surface area contributed by atoms with E-state index in [1.165, 1.54) is 22.2 Å². The molecule has 7 nitrogen and oxygen atoms in total. The van der Waals surface area contributed by atoms with Crippen LogP contribution < -0.4 is 5.56 Å². The molecule has 3 heterocycles. The summed E-state index contributed by atoms with van der Waals surface area (Å²) in [6, 6.07) is 9.49. The smallest absolute Gasteiger partial charge is 0.263 e. The summed E-state index contributed by atoms with van der Waals surface area (Å²) in [5.41, 5.74) is 1.58. The van der Waals surface area contributed by atoms with Crippen molar-refractivity contribution >= 4 is 37.3 Å². The molecule has 3 aromatic rings. The summed E-state index contributed by atoms with van der Waals surface area (Å²) >= 11 is 1.48. The maximum atomic E-state index is 13.5. The molecule has 2 fully saturated rings. The predicted octanol–water partition coefficient (Wildman–Crippen LogP) is 3.39. The first-order valence-electron chi connectivity index (χ1n) is 11.4. The SMILES string of the molecule is Cc1sc2ncn(CC(=O)N(C3CCCC3)C3CCS(=O)(=O)C3)c(=O)c2c1-c1ccccc1. The van der Waals surface area contributed by atoms with Crippen LogP contribution in [0.2, 0.25) is 0 Å². The first-order chi connectivity index (χ1) is 15.8. The van der Waals surface area contributed by atoms with Gasteiger partial charge in [-0.25, -0.2) is 13.4 Å². The Kier molecular flexibility index (Phi) is 5.86. The number of sulfone groups is 1. The molecule has 174 valence electrons. The van der Waals surface area contributed by atoms with E-state index in [1.807, 2.05) is 37.3 Å². The topological polar surface area (TPSA) is 89.3 Å². The van der Waals surface area contributed by atoms with E-state index in [9.17, 15) is 18.0 Å². The Labute approximate surface area is 197 Å². The lowest BCUT2D eigenvalue weighted by Gasteiger charge is -2.34. The average molecular weight is 486 g/mol. The summed E-state index contributed by atoms with van der Waals surface area (Å²) in [6.07, 6.45) is 5.77. The van der Waals surface area contributed by atoms with Gasteiger partial charge < -0.3 is 4.90 Å². The summed E-state index contributed by atoms with van der Waals surface area (Å²) in [7, 11) is -3.12. The van der Waals surface area contributed by atoms with Gasteiger partial charge in [-0.05, 0) is 31.7 Å². The maximum Gasteiger partial charge on any atom is 0.263 e. The molecule has 33 heavy (non-hydrogen) atoms. The van der Waals surface area contributed by atoms with E-state index in [0.29, 0.717) is 16.6 Å². The number of carbonyl (C=O) groups is 1. The number of aromatic nitrogens is 2. The summed E-state index contributed by atoms with van der Waals surface area (Å²) in [5, 5.41) is 0.537. The molecule has 9 heteroatoms. The molecule has 0 spiro atoms. The summed E-state index contributed by atoms with van der Waals surface area (Å²) in [4.78, 5) is 34.9. The van der Waals surface area contributed by atoms with Crippen molar-refractivity contribution in [3.05, 3.63) is 51.9 Å². The number of carbonyl (C=O) groups excluding carboxylic acids is 1. The minimum absolute atomic E-state index is 0.0172. The molecule has 5 rings (SSSR count). The molecule has 1 aromatic carbocycles. The number of aryl methyl sites for hydroxylation is 1. The number of benzene rings is 1. The fourth-order valence-corrected chi connectivity index (χ4v) is 8.03. The maximum absolute atomic E-state index is 13.5. The summed E-state index contributed by atoms with van der Waals surface area (Å²) in [5.74, 6) is -0.0556. The fourth-order valence-electron chi connectivity index (χ4n) is 5.31. The lowest BCUT2D eigenvalue weighted by atomic mass is 10.0. The number of thiophene rings is 1. The van der Waals surface area contributed by atoms with Crippen LogP contribution in [0.3, 0.4) is 0 Å². The van der Waals surface area contributed by atoms with E-state index in [2.05, 4.69) is 4.98 Å². The second-order valence-corrected chi connectivity index (χ2v) is 12.5. The van der Waals surface area contributed by atoms with E-state index in [-0.39, 0.29) is 41.6 Å². The normalized spacial score (nSPS) is 20.5. The van der Waals surface area contributed by atoms with Gasteiger partial charge in [-0.3, -0.25) is 14.2 Å². The van der Waals surface area contributed by atoms with Gasteiger partial charge in [0.15, 0.2) is 9.84 Å². The van der Waals surface area contributed by atoms with Gasteiger partial charge in [0, 0.05) is 22.5 Å². The van der Waals surface area contributed by atoms with Crippen molar-refractivity contribution in [3.63, 3.8) is 0 Å². The highest BCUT2D eigenvalue weighted by molar-refractivity contribution is 7.91. The molecule has 2 aromatic heterocycles. The Bertz CT molecular complexity index is 1360. The lowest BCUT2D eigenvalue weighted by molar-refractivity contribution is -0.136. The van der Waals surface area contributed by atoms with E-state index in [1.54, 1.807) is 4.90 Å². The molecule has 1 saturated heterocycles. The first kappa shape index (κ1) is 22.3. The largest absolute Gasteiger partial charge is 0.334 e. The highest BCUT2D eigenvalue weighted by atomic mass is 32.2. The van der Waals surface area contributed by atoms with Crippen molar-refractivity contribution in [1.82, 2.24) is 14.5 Å². The highest BCUT2D eigenvalue weighted by Gasteiger charge is 2.39. The molecule has 1 aliphatic heterocycles. The van der Waals surface area contributed by atoms with Gasteiger partial charge in [0.05, 0.1) is 23.2 Å². The zero-order valence-corrected chi connectivity index (χ0v) is 20.2. The van der Waals surface area contributed by atoms with Crippen molar-refractivity contribution in [2.24, 2.45) is 0 Å². The quantitative estimate of drug-likeness (QED) is 0.553. The third kappa shape index (κ3) is 4.24. The second kappa shape index (κ2) is 8.68. The standard InChI is InChI=1S/C24H27N3O4S2/c1-16-21(17-7-3-2-4-8-17)22-23(32-16)25-15-26(24(22)29)13-20(28)27(18-9-5-6-10-18)19-11-12-33(30,31)14-19/h2-4,7-8,15,18-19H,5-6,9-14H2,1H3. The molecule has 0 bridgehead atoms. The van der Waals surface area contributed by atoms with Crippen LogP contribution in [-0.2, 0) is 21.2 Å². The van der Waals surface area contributed by atoms with Crippen LogP contribution in [0.4, 0.5) is 0 Å². The molecule has 1 atom stereocenters. The minimum Gasteiger partial charge on any atom is -0.334 e. The van der Waals surface area contributed by atoms with Crippen molar-refractivity contribution in [2.45, 2.75) is 57.7 Å². The van der Waals surface area contributed by atoms with Gasteiger partial charge in [-0.15, -0.1) is 11.3 Å². The minimum atomic E-state index is -3.12. The van der Waals surface area contributed by atoms with Gasteiger partial charge >= 0.3 is 0 Å². The molecule has 1 saturated carbocycles. The Hall–Kier alpha value is -2.52. The van der Waals surface area contributed by atoms with E-state index in [4.69, 9.17) is 0 Å². The van der Waals surface area contributed by atoms with E-state index in [0.717, 1.165) is 41.7 Å². The van der Waals surface area contributed by atoms with Crippen LogP contribution in [0, 0.1) is 6.92 Å². The molecule has 2 aliphatic rings. The third-order valence-corrected chi connectivity index (χ3v) is 9.59. The molecule has 1 amide bonds. The van der Waals surface area contributed by atoms with Gasteiger partial charge in [-0.2, -0.15) is 0 Å². The Morgan fingerprint density at radius 3 is 2.55 bits per heavy atom. The number of amides is 1. The third-order valence-electron chi connectivity index (χ3n) is 6.83.